The van der Waals surface area contributed by atoms with Crippen LogP contribution in [-0.2, 0) is 0 Å². The molecule has 0 atom stereocenters. The normalized spacial score (nSPS) is 15.1. The molecule has 1 aliphatic rings. The lowest BCUT2D eigenvalue weighted by Gasteiger charge is -2.14. The van der Waals surface area contributed by atoms with Gasteiger partial charge in [-0.15, -0.1) is 0 Å². The molecule has 0 bridgehead atoms. The average molecular weight is 417 g/mol. The third-order valence-corrected chi connectivity index (χ3v) is 5.53. The Balaban J connectivity index is 1.76. The standard InChI is InChI=1S/C20H15ClF2N4O2/c21-12-2-1-9(11-7-25-27-18(11)12)16-10-5-15(29-8-20(23)3-4-20)13(22)6-14(10)26-19(28)17(16)24/h1-2,5-7H,3-4,8,24H2,(H,25,27)(H,26,28). The van der Waals surface area contributed by atoms with Crippen LogP contribution in [0.4, 0.5) is 14.5 Å². The second-order valence-corrected chi connectivity index (χ2v) is 7.67. The highest BCUT2D eigenvalue weighted by Crippen LogP contribution is 2.42. The van der Waals surface area contributed by atoms with Crippen molar-refractivity contribution in [2.24, 2.45) is 0 Å². The molecule has 5 rings (SSSR count). The summed E-state index contributed by atoms with van der Waals surface area (Å²) in [5, 5.41) is 8.40. The van der Waals surface area contributed by atoms with Crippen LogP contribution < -0.4 is 16.0 Å². The number of nitrogen functional groups attached to an aromatic ring is 1. The van der Waals surface area contributed by atoms with Gasteiger partial charge in [0.15, 0.2) is 11.6 Å². The van der Waals surface area contributed by atoms with Gasteiger partial charge in [0.05, 0.1) is 22.3 Å². The molecule has 1 aliphatic carbocycles. The quantitative estimate of drug-likeness (QED) is 0.461. The summed E-state index contributed by atoms with van der Waals surface area (Å²) in [5.74, 6) is -0.802. The van der Waals surface area contributed by atoms with Crippen LogP contribution >= 0.6 is 11.6 Å². The fourth-order valence-corrected chi connectivity index (χ4v) is 3.63. The molecule has 0 radical (unpaired) electrons. The predicted molar refractivity (Wildman–Crippen MR) is 108 cm³/mol. The lowest BCUT2D eigenvalue weighted by molar-refractivity contribution is 0.173. The lowest BCUT2D eigenvalue weighted by atomic mass is 9.96. The molecule has 0 unspecified atom stereocenters. The highest BCUT2D eigenvalue weighted by Gasteiger charge is 2.44. The molecule has 6 nitrogen and oxygen atoms in total. The van der Waals surface area contributed by atoms with E-state index in [9.17, 15) is 13.6 Å². The Kier molecular flexibility index (Phi) is 3.82. The molecule has 4 N–H and O–H groups in total. The number of hydrogen-bond acceptors (Lipinski definition) is 4. The number of benzene rings is 2. The van der Waals surface area contributed by atoms with Crippen molar-refractivity contribution < 1.29 is 13.5 Å². The number of H-pyrrole nitrogens is 2. The lowest BCUT2D eigenvalue weighted by Crippen LogP contribution is -2.15. The minimum absolute atomic E-state index is 0.0379. The SMILES string of the molecule is Nc1c(-c2ccc(Cl)c3[nH]ncc23)c2cc(OCC3(F)CC3)c(F)cc2[nH]c1=O. The van der Waals surface area contributed by atoms with Gasteiger partial charge in [-0.2, -0.15) is 5.10 Å². The first-order valence-electron chi connectivity index (χ1n) is 8.95. The van der Waals surface area contributed by atoms with Gasteiger partial charge < -0.3 is 15.5 Å². The van der Waals surface area contributed by atoms with E-state index in [1.165, 1.54) is 6.07 Å². The number of nitrogens with zero attached hydrogens (tertiary/aromatic N) is 1. The Labute approximate surface area is 167 Å². The van der Waals surface area contributed by atoms with Gasteiger partial charge in [0.1, 0.15) is 18.0 Å². The summed E-state index contributed by atoms with van der Waals surface area (Å²) in [6.07, 6.45) is 2.37. The Morgan fingerprint density at radius 2 is 2.07 bits per heavy atom. The van der Waals surface area contributed by atoms with Gasteiger partial charge in [-0.3, -0.25) is 9.89 Å². The van der Waals surface area contributed by atoms with Crippen LogP contribution in [-0.4, -0.2) is 27.5 Å². The molecule has 29 heavy (non-hydrogen) atoms. The maximum atomic E-state index is 14.5. The molecule has 4 aromatic rings. The van der Waals surface area contributed by atoms with E-state index in [2.05, 4.69) is 15.2 Å². The minimum atomic E-state index is -1.40. The smallest absolute Gasteiger partial charge is 0.272 e. The number of nitrogens with two attached hydrogens (primary N) is 1. The zero-order valence-electron chi connectivity index (χ0n) is 15.0. The summed E-state index contributed by atoms with van der Waals surface area (Å²) in [6.45, 7) is -0.226. The first kappa shape index (κ1) is 17.9. The fraction of sp³-hybridized carbons (Fsp3) is 0.200. The van der Waals surface area contributed by atoms with Crippen molar-refractivity contribution in [3.8, 4) is 16.9 Å². The zero-order valence-corrected chi connectivity index (χ0v) is 15.7. The number of alkyl halides is 1. The third kappa shape index (κ3) is 2.91. The molecule has 2 heterocycles. The van der Waals surface area contributed by atoms with Gasteiger partial charge in [-0.05, 0) is 30.5 Å². The maximum Gasteiger partial charge on any atom is 0.272 e. The summed E-state index contributed by atoms with van der Waals surface area (Å²) >= 11 is 6.21. The van der Waals surface area contributed by atoms with Crippen LogP contribution in [0, 0.1) is 5.82 Å². The number of pyridine rings is 1. The van der Waals surface area contributed by atoms with Gasteiger partial charge in [-0.1, -0.05) is 17.7 Å². The van der Waals surface area contributed by atoms with Crippen LogP contribution in [0.15, 0.2) is 35.3 Å². The summed E-state index contributed by atoms with van der Waals surface area (Å²) in [7, 11) is 0. The minimum Gasteiger partial charge on any atom is -0.487 e. The first-order valence-corrected chi connectivity index (χ1v) is 9.33. The summed E-state index contributed by atoms with van der Waals surface area (Å²) < 4.78 is 33.8. The van der Waals surface area contributed by atoms with Crippen molar-refractivity contribution in [2.75, 3.05) is 12.3 Å². The van der Waals surface area contributed by atoms with Crippen molar-refractivity contribution in [3.63, 3.8) is 0 Å². The Morgan fingerprint density at radius 1 is 1.28 bits per heavy atom. The Morgan fingerprint density at radius 3 is 2.83 bits per heavy atom. The largest absolute Gasteiger partial charge is 0.487 e. The number of halogens is 3. The van der Waals surface area contributed by atoms with E-state index < -0.39 is 17.0 Å². The van der Waals surface area contributed by atoms with Crippen LogP contribution in [0.1, 0.15) is 12.8 Å². The number of aromatic nitrogens is 3. The van der Waals surface area contributed by atoms with Crippen LogP contribution in [0.3, 0.4) is 0 Å². The molecule has 0 aliphatic heterocycles. The zero-order chi connectivity index (χ0) is 20.3. The number of hydrogen-bond donors (Lipinski definition) is 3. The van der Waals surface area contributed by atoms with Crippen molar-refractivity contribution in [2.45, 2.75) is 18.5 Å². The monoisotopic (exact) mass is 416 g/mol. The van der Waals surface area contributed by atoms with Gasteiger partial charge in [0, 0.05) is 22.4 Å². The van der Waals surface area contributed by atoms with Gasteiger partial charge in [-0.25, -0.2) is 8.78 Å². The van der Waals surface area contributed by atoms with E-state index in [1.54, 1.807) is 18.3 Å². The predicted octanol–water partition coefficient (Wildman–Crippen LogP) is 4.33. The molecular formula is C20H15ClF2N4O2. The van der Waals surface area contributed by atoms with Gasteiger partial charge >= 0.3 is 0 Å². The second kappa shape index (κ2) is 6.18. The van der Waals surface area contributed by atoms with Crippen LogP contribution in [0.5, 0.6) is 5.75 Å². The number of fused-ring (bicyclic) bond motifs is 2. The van der Waals surface area contributed by atoms with Crippen molar-refractivity contribution in [3.05, 3.63) is 51.7 Å². The molecule has 0 saturated heterocycles. The van der Waals surface area contributed by atoms with E-state index in [0.29, 0.717) is 45.3 Å². The highest BCUT2D eigenvalue weighted by atomic mass is 35.5. The van der Waals surface area contributed by atoms with Gasteiger partial charge in [0.2, 0.25) is 0 Å². The van der Waals surface area contributed by atoms with E-state index in [4.69, 9.17) is 22.1 Å². The second-order valence-electron chi connectivity index (χ2n) is 7.26. The molecule has 9 heteroatoms. The molecule has 1 fully saturated rings. The molecule has 1 saturated carbocycles. The molecule has 0 amide bonds. The molecule has 2 aromatic heterocycles. The van der Waals surface area contributed by atoms with Crippen LogP contribution in [0.25, 0.3) is 32.9 Å². The average Bonchev–Trinajstić information content (AvgIpc) is 3.21. The molecule has 2 aromatic carbocycles. The van der Waals surface area contributed by atoms with E-state index >= 15 is 0 Å². The maximum absolute atomic E-state index is 14.5. The highest BCUT2D eigenvalue weighted by molar-refractivity contribution is 6.35. The Hall–Kier alpha value is -3.13. The number of nitrogens with one attached hydrogen (secondary N) is 2. The molecular weight excluding hydrogens is 402 g/mol. The number of ether oxygens (including phenoxy) is 1. The first-order chi connectivity index (χ1) is 13.9. The number of anilines is 1. The van der Waals surface area contributed by atoms with E-state index in [1.807, 2.05) is 0 Å². The van der Waals surface area contributed by atoms with Crippen molar-refractivity contribution >= 4 is 39.1 Å². The fourth-order valence-electron chi connectivity index (χ4n) is 3.42. The number of aromatic amines is 2. The summed E-state index contributed by atoms with van der Waals surface area (Å²) in [4.78, 5) is 15.0. The van der Waals surface area contributed by atoms with Crippen LogP contribution in [0.2, 0.25) is 5.02 Å². The van der Waals surface area contributed by atoms with Crippen molar-refractivity contribution in [1.29, 1.82) is 0 Å². The summed E-state index contributed by atoms with van der Waals surface area (Å²) in [6, 6.07) is 5.95. The Bertz CT molecular complexity index is 1340. The van der Waals surface area contributed by atoms with E-state index in [-0.39, 0.29) is 23.6 Å². The van der Waals surface area contributed by atoms with E-state index in [0.717, 1.165) is 6.07 Å². The number of rotatable bonds is 4. The van der Waals surface area contributed by atoms with Gasteiger partial charge in [0.25, 0.3) is 5.56 Å². The van der Waals surface area contributed by atoms with Crippen molar-refractivity contribution in [1.82, 2.24) is 15.2 Å². The molecule has 0 spiro atoms. The topological polar surface area (TPSA) is 96.8 Å². The molecule has 148 valence electrons. The summed E-state index contributed by atoms with van der Waals surface area (Å²) in [5.41, 5.74) is 5.98. The third-order valence-electron chi connectivity index (χ3n) is 5.22.